The molecule has 7 nitrogen and oxygen atoms in total. The maximum Gasteiger partial charge on any atom is 0.333 e. The van der Waals surface area contributed by atoms with Crippen molar-refractivity contribution < 1.29 is 14.7 Å². The van der Waals surface area contributed by atoms with Crippen LogP contribution < -0.4 is 5.32 Å². The summed E-state index contributed by atoms with van der Waals surface area (Å²) in [7, 11) is 1.78. The second-order valence-electron chi connectivity index (χ2n) is 6.05. The first-order valence-electron chi connectivity index (χ1n) is 7.73. The van der Waals surface area contributed by atoms with Crippen molar-refractivity contribution >= 4 is 22.9 Å². The van der Waals surface area contributed by atoms with Gasteiger partial charge in [-0.1, -0.05) is 30.3 Å². The Hall–Kier alpha value is -3.22. The predicted molar refractivity (Wildman–Crippen MR) is 92.1 cm³/mol. The van der Waals surface area contributed by atoms with Crippen LogP contribution in [0.4, 0.5) is 0 Å². The number of aromatic nitrogens is 3. The molecule has 0 bridgehead atoms. The van der Waals surface area contributed by atoms with Crippen LogP contribution in [0.3, 0.4) is 0 Å². The van der Waals surface area contributed by atoms with Crippen molar-refractivity contribution in [3.05, 3.63) is 59.4 Å². The first-order chi connectivity index (χ1) is 11.8. The number of carbonyl (C=O) groups excluding carboxylic acids is 1. The Morgan fingerprint density at radius 3 is 2.56 bits per heavy atom. The number of nitrogens with zero attached hydrogens (tertiary/aromatic N) is 3. The highest BCUT2D eigenvalue weighted by molar-refractivity contribution is 6.00. The fraction of sp³-hybridized carbons (Fsp3) is 0.222. The molecular weight excluding hydrogens is 320 g/mol. The van der Waals surface area contributed by atoms with Gasteiger partial charge in [-0.3, -0.25) is 9.48 Å². The fourth-order valence-corrected chi connectivity index (χ4v) is 2.75. The summed E-state index contributed by atoms with van der Waals surface area (Å²) in [5.41, 5.74) is 0.647. The highest BCUT2D eigenvalue weighted by Gasteiger charge is 2.37. The molecule has 1 aromatic carbocycles. The van der Waals surface area contributed by atoms with E-state index >= 15 is 0 Å². The summed E-state index contributed by atoms with van der Waals surface area (Å²) in [5, 5.41) is 17.3. The van der Waals surface area contributed by atoms with Crippen molar-refractivity contribution in [3.8, 4) is 0 Å². The maximum atomic E-state index is 12.7. The van der Waals surface area contributed by atoms with E-state index in [-0.39, 0.29) is 5.56 Å². The van der Waals surface area contributed by atoms with Gasteiger partial charge in [-0.05, 0) is 25.5 Å². The molecule has 0 radical (unpaired) electrons. The van der Waals surface area contributed by atoms with E-state index < -0.39 is 17.4 Å². The van der Waals surface area contributed by atoms with Crippen molar-refractivity contribution in [2.75, 3.05) is 0 Å². The normalized spacial score (nSPS) is 13.4. The molecule has 3 aromatic rings. The summed E-state index contributed by atoms with van der Waals surface area (Å²) in [6.07, 6.45) is 1.42. The zero-order valence-corrected chi connectivity index (χ0v) is 14.1. The highest BCUT2D eigenvalue weighted by Crippen LogP contribution is 2.22. The van der Waals surface area contributed by atoms with Gasteiger partial charge in [0.1, 0.15) is 0 Å². The number of benzene rings is 1. The minimum Gasteiger partial charge on any atom is -0.479 e. The number of carbonyl (C=O) groups is 2. The Bertz CT molecular complexity index is 965. The lowest BCUT2D eigenvalue weighted by atomic mass is 9.91. The average Bonchev–Trinajstić information content (AvgIpc) is 2.89. The van der Waals surface area contributed by atoms with E-state index in [0.29, 0.717) is 11.2 Å². The van der Waals surface area contributed by atoms with Crippen LogP contribution in [0.15, 0.2) is 42.6 Å². The number of carboxylic acid groups (broad SMARTS) is 1. The zero-order valence-electron chi connectivity index (χ0n) is 14.1. The molecule has 1 atom stereocenters. The zero-order chi connectivity index (χ0) is 18.2. The van der Waals surface area contributed by atoms with Gasteiger partial charge in [-0.2, -0.15) is 5.10 Å². The van der Waals surface area contributed by atoms with Crippen LogP contribution in [-0.2, 0) is 17.4 Å². The van der Waals surface area contributed by atoms with Gasteiger partial charge in [0.05, 0.1) is 11.3 Å². The van der Waals surface area contributed by atoms with Crippen molar-refractivity contribution in [2.45, 2.75) is 19.4 Å². The van der Waals surface area contributed by atoms with Crippen LogP contribution >= 0.6 is 0 Å². The minimum absolute atomic E-state index is 0.284. The summed E-state index contributed by atoms with van der Waals surface area (Å²) in [6.45, 7) is 3.29. The van der Waals surface area contributed by atoms with Gasteiger partial charge in [0.15, 0.2) is 11.2 Å². The predicted octanol–water partition coefficient (Wildman–Crippen LogP) is 2.01. The topological polar surface area (TPSA) is 97.1 Å². The molecule has 0 aliphatic heterocycles. The van der Waals surface area contributed by atoms with Crippen molar-refractivity contribution in [1.82, 2.24) is 20.1 Å². The van der Waals surface area contributed by atoms with Crippen molar-refractivity contribution in [1.29, 1.82) is 0 Å². The Balaban J connectivity index is 1.97. The molecule has 128 valence electrons. The van der Waals surface area contributed by atoms with Gasteiger partial charge in [0.25, 0.3) is 5.91 Å². The van der Waals surface area contributed by atoms with E-state index in [1.54, 1.807) is 48.1 Å². The molecule has 7 heteroatoms. The van der Waals surface area contributed by atoms with Crippen LogP contribution in [0.25, 0.3) is 11.0 Å². The van der Waals surface area contributed by atoms with Crippen LogP contribution in [0.2, 0.25) is 0 Å². The first kappa shape index (κ1) is 16.6. The van der Waals surface area contributed by atoms with Gasteiger partial charge < -0.3 is 10.4 Å². The Labute approximate surface area is 144 Å². The van der Waals surface area contributed by atoms with E-state index in [1.807, 2.05) is 6.92 Å². The summed E-state index contributed by atoms with van der Waals surface area (Å²) in [4.78, 5) is 28.7. The standard InChI is InChI=1S/C18H18N4O3/c1-11-14-9-12(10-19-15(14)22(3)21-11)16(23)20-18(2,17(24)25)13-7-5-4-6-8-13/h4-10H,1-3H3,(H,20,23)(H,24,25). The lowest BCUT2D eigenvalue weighted by Gasteiger charge is -2.26. The van der Waals surface area contributed by atoms with E-state index in [0.717, 1.165) is 11.1 Å². The minimum atomic E-state index is -1.54. The van der Waals surface area contributed by atoms with Crippen molar-refractivity contribution in [2.24, 2.45) is 7.05 Å². The average molecular weight is 338 g/mol. The second kappa shape index (κ2) is 6.01. The van der Waals surface area contributed by atoms with Crippen LogP contribution in [0, 0.1) is 6.92 Å². The number of amides is 1. The number of aliphatic carboxylic acids is 1. The molecule has 1 amide bonds. The lowest BCUT2D eigenvalue weighted by Crippen LogP contribution is -2.49. The maximum absolute atomic E-state index is 12.7. The third-order valence-corrected chi connectivity index (χ3v) is 4.27. The van der Waals surface area contributed by atoms with E-state index in [9.17, 15) is 14.7 Å². The van der Waals surface area contributed by atoms with Gasteiger partial charge in [-0.15, -0.1) is 0 Å². The van der Waals surface area contributed by atoms with Gasteiger partial charge in [0, 0.05) is 18.6 Å². The molecule has 25 heavy (non-hydrogen) atoms. The third-order valence-electron chi connectivity index (χ3n) is 4.27. The number of hydrogen-bond donors (Lipinski definition) is 2. The Morgan fingerprint density at radius 2 is 1.92 bits per heavy atom. The molecule has 0 spiro atoms. The number of carboxylic acids is 1. The second-order valence-corrected chi connectivity index (χ2v) is 6.05. The number of pyridine rings is 1. The monoisotopic (exact) mass is 338 g/mol. The molecule has 2 N–H and O–H groups in total. The van der Waals surface area contributed by atoms with Gasteiger partial charge in [-0.25, -0.2) is 9.78 Å². The number of nitrogens with one attached hydrogen (secondary N) is 1. The summed E-state index contributed by atoms with van der Waals surface area (Å²) in [6, 6.07) is 10.3. The molecule has 1 unspecified atom stereocenters. The Morgan fingerprint density at radius 1 is 1.24 bits per heavy atom. The highest BCUT2D eigenvalue weighted by atomic mass is 16.4. The lowest BCUT2D eigenvalue weighted by molar-refractivity contribution is -0.144. The van der Waals surface area contributed by atoms with Crippen LogP contribution in [0.5, 0.6) is 0 Å². The van der Waals surface area contributed by atoms with E-state index in [1.165, 1.54) is 13.1 Å². The number of rotatable bonds is 4. The molecule has 0 fully saturated rings. The summed E-state index contributed by atoms with van der Waals surface area (Å²) in [5.74, 6) is -1.65. The molecule has 3 rings (SSSR count). The Kier molecular flexibility index (Phi) is 4.00. The molecule has 2 aromatic heterocycles. The van der Waals surface area contributed by atoms with E-state index in [2.05, 4.69) is 15.4 Å². The fourth-order valence-electron chi connectivity index (χ4n) is 2.75. The first-order valence-corrected chi connectivity index (χ1v) is 7.73. The third kappa shape index (κ3) is 2.84. The number of fused-ring (bicyclic) bond motifs is 1. The number of hydrogen-bond acceptors (Lipinski definition) is 4. The molecule has 2 heterocycles. The molecular formula is C18H18N4O3. The molecule has 0 aliphatic rings. The molecule has 0 aliphatic carbocycles. The SMILES string of the molecule is Cc1nn(C)c2ncc(C(=O)NC(C)(C(=O)O)c3ccccc3)cc12. The van der Waals surface area contributed by atoms with Crippen LogP contribution in [0.1, 0.15) is 28.5 Å². The van der Waals surface area contributed by atoms with Gasteiger partial charge in [0.2, 0.25) is 0 Å². The quantitative estimate of drug-likeness (QED) is 0.758. The van der Waals surface area contributed by atoms with E-state index in [4.69, 9.17) is 0 Å². The molecule has 0 saturated carbocycles. The number of aryl methyl sites for hydroxylation is 2. The smallest absolute Gasteiger partial charge is 0.333 e. The van der Waals surface area contributed by atoms with Crippen LogP contribution in [-0.4, -0.2) is 31.7 Å². The summed E-state index contributed by atoms with van der Waals surface area (Å²) >= 11 is 0. The van der Waals surface area contributed by atoms with Gasteiger partial charge >= 0.3 is 5.97 Å². The summed E-state index contributed by atoms with van der Waals surface area (Å²) < 4.78 is 1.64. The largest absolute Gasteiger partial charge is 0.479 e. The molecule has 0 saturated heterocycles. The van der Waals surface area contributed by atoms with Crippen molar-refractivity contribution in [3.63, 3.8) is 0 Å².